The molecular weight excluding hydrogens is 152 g/mol. The average molecular weight is 166 g/mol. The SMILES string of the molecule is CCN(CC)N(C)S(=O)O. The molecule has 0 aromatic heterocycles. The van der Waals surface area contributed by atoms with Crippen molar-refractivity contribution in [2.24, 2.45) is 0 Å². The third kappa shape index (κ3) is 2.74. The van der Waals surface area contributed by atoms with Gasteiger partial charge >= 0.3 is 0 Å². The van der Waals surface area contributed by atoms with Gasteiger partial charge in [0.15, 0.2) is 0 Å². The fraction of sp³-hybridized carbons (Fsp3) is 1.00. The Labute approximate surface area is 64.2 Å². The van der Waals surface area contributed by atoms with E-state index in [0.717, 1.165) is 13.1 Å². The molecule has 0 aromatic rings. The van der Waals surface area contributed by atoms with Crippen LogP contribution < -0.4 is 0 Å². The van der Waals surface area contributed by atoms with Crippen molar-refractivity contribution >= 4 is 11.3 Å². The van der Waals surface area contributed by atoms with Crippen molar-refractivity contribution in [2.75, 3.05) is 20.1 Å². The summed E-state index contributed by atoms with van der Waals surface area (Å²) in [6.45, 7) is 5.37. The minimum absolute atomic E-state index is 0.749. The summed E-state index contributed by atoms with van der Waals surface area (Å²) in [6.07, 6.45) is 0. The predicted octanol–water partition coefficient (Wildman–Crippen LogP) is 0.312. The summed E-state index contributed by atoms with van der Waals surface area (Å²) in [5, 5.41) is 1.77. The van der Waals surface area contributed by atoms with Gasteiger partial charge in [-0.15, -0.1) is 4.41 Å². The molecule has 0 aromatic carbocycles. The van der Waals surface area contributed by atoms with Gasteiger partial charge in [-0.3, -0.25) is 4.55 Å². The second-order valence-corrected chi connectivity index (χ2v) is 2.82. The number of hydrazine groups is 1. The highest BCUT2D eigenvalue weighted by molar-refractivity contribution is 7.76. The van der Waals surface area contributed by atoms with Crippen LogP contribution >= 0.6 is 0 Å². The standard InChI is InChI=1S/C5H14N2O2S/c1-4-7(5-2)6(3)10(8)9/h4-5H2,1-3H3,(H,8,9). The summed E-state index contributed by atoms with van der Waals surface area (Å²) in [4.78, 5) is 0. The lowest BCUT2D eigenvalue weighted by atomic mass is 10.6. The molecule has 0 bridgehead atoms. The molecule has 5 heteroatoms. The molecule has 0 spiro atoms. The first kappa shape index (κ1) is 10.0. The van der Waals surface area contributed by atoms with Crippen molar-refractivity contribution in [2.45, 2.75) is 13.8 Å². The van der Waals surface area contributed by atoms with Gasteiger partial charge in [-0.25, -0.2) is 9.22 Å². The maximum absolute atomic E-state index is 10.5. The highest BCUT2D eigenvalue weighted by Crippen LogP contribution is 1.94. The van der Waals surface area contributed by atoms with E-state index in [1.807, 2.05) is 13.8 Å². The van der Waals surface area contributed by atoms with Gasteiger partial charge in [0.25, 0.3) is 0 Å². The molecule has 0 saturated heterocycles. The Hall–Kier alpha value is 0.0300. The predicted molar refractivity (Wildman–Crippen MR) is 41.5 cm³/mol. The Kier molecular flexibility index (Phi) is 4.80. The second kappa shape index (κ2) is 4.79. The van der Waals surface area contributed by atoms with Crippen LogP contribution in [0.1, 0.15) is 13.8 Å². The molecule has 0 aliphatic carbocycles. The molecule has 0 radical (unpaired) electrons. The maximum atomic E-state index is 10.5. The molecule has 0 aliphatic heterocycles. The molecule has 0 heterocycles. The number of rotatable bonds is 4. The topological polar surface area (TPSA) is 43.8 Å². The second-order valence-electron chi connectivity index (χ2n) is 1.83. The van der Waals surface area contributed by atoms with E-state index in [-0.39, 0.29) is 0 Å². The molecule has 10 heavy (non-hydrogen) atoms. The molecule has 0 rings (SSSR count). The van der Waals surface area contributed by atoms with E-state index in [2.05, 4.69) is 0 Å². The summed E-state index contributed by atoms with van der Waals surface area (Å²) in [5.74, 6) is 0. The normalized spacial score (nSPS) is 14.6. The van der Waals surface area contributed by atoms with E-state index in [1.54, 1.807) is 12.1 Å². The molecule has 1 atom stereocenters. The largest absolute Gasteiger partial charge is 0.293 e. The lowest BCUT2D eigenvalue weighted by Gasteiger charge is -2.25. The van der Waals surface area contributed by atoms with Gasteiger partial charge in [0.1, 0.15) is 0 Å². The Bertz CT molecular complexity index is 116. The zero-order valence-corrected chi connectivity index (χ0v) is 7.39. The zero-order valence-electron chi connectivity index (χ0n) is 6.57. The monoisotopic (exact) mass is 166 g/mol. The van der Waals surface area contributed by atoms with E-state index in [9.17, 15) is 4.21 Å². The van der Waals surface area contributed by atoms with Gasteiger partial charge in [0.2, 0.25) is 11.3 Å². The highest BCUT2D eigenvalue weighted by atomic mass is 32.2. The van der Waals surface area contributed by atoms with Crippen molar-refractivity contribution in [3.63, 3.8) is 0 Å². The van der Waals surface area contributed by atoms with E-state index in [4.69, 9.17) is 4.55 Å². The van der Waals surface area contributed by atoms with Gasteiger partial charge in [0.05, 0.1) is 0 Å². The van der Waals surface area contributed by atoms with Crippen molar-refractivity contribution in [3.05, 3.63) is 0 Å². The molecule has 4 nitrogen and oxygen atoms in total. The zero-order chi connectivity index (χ0) is 8.15. The Morgan fingerprint density at radius 1 is 1.40 bits per heavy atom. The van der Waals surface area contributed by atoms with E-state index in [0.29, 0.717) is 0 Å². The quantitative estimate of drug-likeness (QED) is 0.483. The van der Waals surface area contributed by atoms with Crippen LogP contribution in [0.2, 0.25) is 0 Å². The first-order valence-electron chi connectivity index (χ1n) is 3.23. The molecule has 0 amide bonds. The van der Waals surface area contributed by atoms with Crippen LogP contribution in [-0.2, 0) is 11.3 Å². The third-order valence-corrected chi connectivity index (χ3v) is 2.04. The van der Waals surface area contributed by atoms with E-state index in [1.165, 1.54) is 4.41 Å². The summed E-state index contributed by atoms with van der Waals surface area (Å²) >= 11 is -1.88. The minimum atomic E-state index is -1.88. The van der Waals surface area contributed by atoms with Gasteiger partial charge in [-0.2, -0.15) is 0 Å². The lowest BCUT2D eigenvalue weighted by molar-refractivity contribution is 0.0963. The summed E-state index contributed by atoms with van der Waals surface area (Å²) in [5.41, 5.74) is 0. The Balaban J connectivity index is 3.88. The van der Waals surface area contributed by atoms with Gasteiger partial charge in [-0.1, -0.05) is 13.8 Å². The van der Waals surface area contributed by atoms with Crippen LogP contribution in [0.25, 0.3) is 0 Å². The van der Waals surface area contributed by atoms with Crippen molar-refractivity contribution in [1.29, 1.82) is 0 Å². The fourth-order valence-corrected chi connectivity index (χ4v) is 1.15. The molecule has 62 valence electrons. The molecule has 0 fully saturated rings. The van der Waals surface area contributed by atoms with Crippen LogP contribution in [-0.4, -0.2) is 38.3 Å². The van der Waals surface area contributed by atoms with Gasteiger partial charge < -0.3 is 0 Å². The number of nitrogens with zero attached hydrogens (tertiary/aromatic N) is 2. The summed E-state index contributed by atoms with van der Waals surface area (Å²) < 4.78 is 20.4. The van der Waals surface area contributed by atoms with Crippen LogP contribution in [0.5, 0.6) is 0 Å². The molecular formula is C5H14N2O2S. The summed E-state index contributed by atoms with van der Waals surface area (Å²) in [7, 11) is 1.59. The highest BCUT2D eigenvalue weighted by Gasteiger charge is 2.10. The third-order valence-electron chi connectivity index (χ3n) is 1.35. The first-order valence-corrected chi connectivity index (χ1v) is 4.29. The average Bonchev–Trinajstić information content (AvgIpc) is 1.90. The van der Waals surface area contributed by atoms with Gasteiger partial charge in [-0.05, 0) is 0 Å². The number of hydrogen-bond acceptors (Lipinski definition) is 2. The Morgan fingerprint density at radius 2 is 1.80 bits per heavy atom. The Morgan fingerprint density at radius 3 is 1.90 bits per heavy atom. The van der Waals surface area contributed by atoms with Crippen molar-refractivity contribution in [3.8, 4) is 0 Å². The van der Waals surface area contributed by atoms with Crippen LogP contribution in [0, 0.1) is 0 Å². The van der Waals surface area contributed by atoms with E-state index < -0.39 is 11.3 Å². The molecule has 1 N–H and O–H groups in total. The first-order chi connectivity index (χ1) is 4.63. The van der Waals surface area contributed by atoms with Gasteiger partial charge in [0, 0.05) is 20.1 Å². The smallest absolute Gasteiger partial charge is 0.248 e. The fourth-order valence-electron chi connectivity index (χ4n) is 0.721. The molecule has 0 aliphatic rings. The number of hydrogen-bond donors (Lipinski definition) is 1. The lowest BCUT2D eigenvalue weighted by Crippen LogP contribution is -2.40. The van der Waals surface area contributed by atoms with Crippen LogP contribution in [0.3, 0.4) is 0 Å². The van der Waals surface area contributed by atoms with E-state index >= 15 is 0 Å². The van der Waals surface area contributed by atoms with Crippen molar-refractivity contribution in [1.82, 2.24) is 9.42 Å². The van der Waals surface area contributed by atoms with Crippen LogP contribution in [0.4, 0.5) is 0 Å². The summed E-state index contributed by atoms with van der Waals surface area (Å²) in [6, 6.07) is 0. The molecule has 0 saturated carbocycles. The minimum Gasteiger partial charge on any atom is -0.293 e. The van der Waals surface area contributed by atoms with Crippen LogP contribution in [0.15, 0.2) is 0 Å². The van der Waals surface area contributed by atoms with Crippen molar-refractivity contribution < 1.29 is 8.76 Å². The molecule has 1 unspecified atom stereocenters. The maximum Gasteiger partial charge on any atom is 0.248 e.